The Balaban J connectivity index is 1.73. The lowest BCUT2D eigenvalue weighted by atomic mass is 10.1. The second kappa shape index (κ2) is 8.64. The molecule has 4 rings (SSSR count). The lowest BCUT2D eigenvalue weighted by molar-refractivity contribution is -0.0327. The summed E-state index contributed by atoms with van der Waals surface area (Å²) in [4.78, 5) is 8.23. The topological polar surface area (TPSA) is 179 Å². The van der Waals surface area contributed by atoms with E-state index in [1.165, 1.54) is 10.9 Å². The molecule has 3 aromatic rings. The zero-order valence-corrected chi connectivity index (χ0v) is 18.0. The van der Waals surface area contributed by atoms with Crippen molar-refractivity contribution in [2.45, 2.75) is 24.5 Å². The average molecular weight is 479 g/mol. The van der Waals surface area contributed by atoms with Crippen LogP contribution in [0.5, 0.6) is 0 Å². The van der Waals surface area contributed by atoms with Crippen molar-refractivity contribution in [2.75, 3.05) is 12.3 Å². The van der Waals surface area contributed by atoms with Gasteiger partial charge >= 0.3 is 0 Å². The summed E-state index contributed by atoms with van der Waals surface area (Å²) in [7, 11) is -4.00. The van der Waals surface area contributed by atoms with Crippen LogP contribution in [0.4, 0.5) is 5.82 Å². The number of hydrogen-bond acceptors (Lipinski definition) is 8. The van der Waals surface area contributed by atoms with Crippen LogP contribution in [0.15, 0.2) is 36.8 Å². The largest absolute Gasteiger partial charge is 0.387 e. The number of nitrogens with two attached hydrogens (primary N) is 2. The number of rotatable bonds is 4. The van der Waals surface area contributed by atoms with Crippen LogP contribution < -0.4 is 15.6 Å². The van der Waals surface area contributed by atoms with Crippen LogP contribution in [0.2, 0.25) is 5.02 Å². The summed E-state index contributed by atoms with van der Waals surface area (Å²) < 4.78 is 31.6. The summed E-state index contributed by atoms with van der Waals surface area (Å²) in [6.07, 6.45) is -2.11. The van der Waals surface area contributed by atoms with E-state index in [-0.39, 0.29) is 12.4 Å². The zero-order chi connectivity index (χ0) is 23.0. The Hall–Kier alpha value is -2.76. The number of aromatic nitrogens is 3. The maximum atomic E-state index is 11.2. The molecule has 11 nitrogen and oxygen atoms in total. The fraction of sp³-hybridized carbons (Fsp3) is 0.263. The van der Waals surface area contributed by atoms with Crippen molar-refractivity contribution in [3.8, 4) is 11.8 Å². The third-order valence-corrected chi connectivity index (χ3v) is 5.84. The molecule has 7 N–H and O–H groups in total. The van der Waals surface area contributed by atoms with E-state index in [4.69, 9.17) is 27.2 Å². The molecule has 0 unspecified atom stereocenters. The molecule has 0 saturated carbocycles. The number of aliphatic hydroxyl groups excluding tert-OH is 2. The van der Waals surface area contributed by atoms with Gasteiger partial charge in [0.05, 0.1) is 16.0 Å². The molecular weight excluding hydrogens is 460 g/mol. The predicted molar refractivity (Wildman–Crippen MR) is 116 cm³/mol. The minimum absolute atomic E-state index is 0.165. The van der Waals surface area contributed by atoms with Crippen LogP contribution in [0.25, 0.3) is 11.0 Å². The van der Waals surface area contributed by atoms with Crippen LogP contribution in [0.3, 0.4) is 0 Å². The number of nitrogens with zero attached hydrogens (tertiary/aromatic N) is 3. The van der Waals surface area contributed by atoms with Crippen molar-refractivity contribution < 1.29 is 23.4 Å². The highest BCUT2D eigenvalue weighted by atomic mass is 35.5. The normalized spacial score (nSPS) is 23.2. The maximum absolute atomic E-state index is 11.2. The molecule has 0 aliphatic carbocycles. The fourth-order valence-electron chi connectivity index (χ4n) is 3.42. The molecule has 3 heterocycles. The number of hydrogen-bond donors (Lipinski definition) is 5. The summed E-state index contributed by atoms with van der Waals surface area (Å²) in [6, 6.07) is 7.07. The summed E-state index contributed by atoms with van der Waals surface area (Å²) in [6.45, 7) is -0.330. The molecule has 4 atom stereocenters. The first-order valence-electron chi connectivity index (χ1n) is 9.32. The van der Waals surface area contributed by atoms with Crippen molar-refractivity contribution in [3.05, 3.63) is 52.9 Å². The molecule has 0 amide bonds. The third kappa shape index (κ3) is 4.41. The molecule has 1 aromatic carbocycles. The highest BCUT2D eigenvalue weighted by Gasteiger charge is 2.44. The van der Waals surface area contributed by atoms with E-state index in [1.54, 1.807) is 30.5 Å². The first-order chi connectivity index (χ1) is 15.2. The second-order valence-electron chi connectivity index (χ2n) is 7.08. The zero-order valence-electron chi connectivity index (χ0n) is 16.4. The molecule has 1 aliphatic heterocycles. The molecule has 168 valence electrons. The minimum atomic E-state index is -4.00. The number of nitrogen functional groups attached to an aromatic ring is 1. The smallest absolute Gasteiger partial charge is 0.274 e. The van der Waals surface area contributed by atoms with Gasteiger partial charge < -0.3 is 25.3 Å². The summed E-state index contributed by atoms with van der Waals surface area (Å²) in [5, 5.41) is 26.7. The van der Waals surface area contributed by atoms with Crippen molar-refractivity contribution in [1.82, 2.24) is 19.3 Å². The number of ether oxygens (including phenoxy) is 1. The number of nitrogens with one attached hydrogen (secondary N) is 1. The quantitative estimate of drug-likeness (QED) is 0.311. The fourth-order valence-corrected chi connectivity index (χ4v) is 4.00. The van der Waals surface area contributed by atoms with E-state index in [2.05, 4.69) is 21.8 Å². The Bertz CT molecular complexity index is 1330. The van der Waals surface area contributed by atoms with E-state index < -0.39 is 34.7 Å². The first-order valence-corrected chi connectivity index (χ1v) is 11.2. The van der Waals surface area contributed by atoms with Crippen LogP contribution in [0, 0.1) is 11.8 Å². The monoisotopic (exact) mass is 478 g/mol. The molecule has 32 heavy (non-hydrogen) atoms. The Labute approximate surface area is 188 Å². The molecule has 13 heteroatoms. The van der Waals surface area contributed by atoms with Gasteiger partial charge in [0.25, 0.3) is 10.2 Å². The van der Waals surface area contributed by atoms with Crippen LogP contribution >= 0.6 is 11.6 Å². The van der Waals surface area contributed by atoms with Crippen molar-refractivity contribution in [3.63, 3.8) is 0 Å². The third-order valence-electron chi connectivity index (χ3n) is 4.94. The SMILES string of the molecule is Nc1ncnc2c1c(C#Cc1ccccc1Cl)cn2[C@@H]1O[C@H](CNS(N)(=O)=O)[C@@H](O)[C@H]1O. The predicted octanol–water partition coefficient (Wildman–Crippen LogP) is -0.521. The molecule has 1 fully saturated rings. The van der Waals surface area contributed by atoms with E-state index in [0.29, 0.717) is 27.2 Å². The van der Waals surface area contributed by atoms with Gasteiger partial charge in [-0.05, 0) is 12.1 Å². The van der Waals surface area contributed by atoms with Crippen molar-refractivity contribution in [2.24, 2.45) is 5.14 Å². The lowest BCUT2D eigenvalue weighted by Crippen LogP contribution is -2.42. The van der Waals surface area contributed by atoms with Gasteiger partial charge in [-0.2, -0.15) is 13.1 Å². The van der Waals surface area contributed by atoms with Gasteiger partial charge in [-0.25, -0.2) is 15.1 Å². The number of benzene rings is 1. The summed E-state index contributed by atoms with van der Waals surface area (Å²) >= 11 is 6.17. The van der Waals surface area contributed by atoms with Gasteiger partial charge in [0, 0.05) is 18.3 Å². The Kier molecular flexibility index (Phi) is 6.06. The number of halogens is 1. The van der Waals surface area contributed by atoms with Gasteiger partial charge in [-0.1, -0.05) is 35.6 Å². The summed E-state index contributed by atoms with van der Waals surface area (Å²) in [5.74, 6) is 6.12. The van der Waals surface area contributed by atoms with Crippen LogP contribution in [-0.2, 0) is 14.9 Å². The highest BCUT2D eigenvalue weighted by molar-refractivity contribution is 7.87. The maximum Gasteiger partial charge on any atom is 0.274 e. The van der Waals surface area contributed by atoms with Crippen molar-refractivity contribution >= 4 is 38.7 Å². The van der Waals surface area contributed by atoms with E-state index in [1.807, 2.05) is 4.72 Å². The molecule has 1 aliphatic rings. The van der Waals surface area contributed by atoms with Crippen molar-refractivity contribution in [1.29, 1.82) is 0 Å². The van der Waals surface area contributed by atoms with E-state index in [0.717, 1.165) is 0 Å². The molecular formula is C19H19ClN6O5S. The average Bonchev–Trinajstić information content (AvgIpc) is 3.24. The van der Waals surface area contributed by atoms with Gasteiger partial charge in [0.2, 0.25) is 0 Å². The van der Waals surface area contributed by atoms with E-state index >= 15 is 0 Å². The van der Waals surface area contributed by atoms with Crippen LogP contribution in [-0.4, -0.2) is 58.0 Å². The molecule has 0 spiro atoms. The Morgan fingerprint density at radius 3 is 2.62 bits per heavy atom. The minimum Gasteiger partial charge on any atom is -0.387 e. The molecule has 1 saturated heterocycles. The second-order valence-corrected chi connectivity index (χ2v) is 8.86. The Morgan fingerprint density at radius 1 is 1.19 bits per heavy atom. The first kappa shape index (κ1) is 22.4. The molecule has 2 aromatic heterocycles. The standard InChI is InChI=1S/C19H19ClN6O5S/c20-12-4-2-1-3-10(12)5-6-11-8-26(18-14(11)17(21)23-9-24-18)19-16(28)15(27)13(31-19)7-25-32(22,29)30/h1-4,8-9,13,15-16,19,25,27-28H,7H2,(H2,21,23,24)(H2,22,29,30)/t13-,15-,16-,19-/m1/s1. The number of aliphatic hydroxyl groups is 2. The number of fused-ring (bicyclic) bond motifs is 1. The van der Waals surface area contributed by atoms with Gasteiger partial charge in [0.15, 0.2) is 6.23 Å². The van der Waals surface area contributed by atoms with Crippen LogP contribution in [0.1, 0.15) is 17.4 Å². The molecule has 0 bridgehead atoms. The van der Waals surface area contributed by atoms with E-state index in [9.17, 15) is 18.6 Å². The van der Waals surface area contributed by atoms with Gasteiger partial charge in [0.1, 0.15) is 36.1 Å². The lowest BCUT2D eigenvalue weighted by Gasteiger charge is -2.17. The van der Waals surface area contributed by atoms with Gasteiger partial charge in [-0.15, -0.1) is 0 Å². The Morgan fingerprint density at radius 2 is 1.91 bits per heavy atom. The summed E-state index contributed by atoms with van der Waals surface area (Å²) in [5.41, 5.74) is 7.43. The molecule has 0 radical (unpaired) electrons. The van der Waals surface area contributed by atoms with Gasteiger partial charge in [-0.3, -0.25) is 0 Å². The number of anilines is 1. The highest BCUT2D eigenvalue weighted by Crippen LogP contribution is 2.34.